The van der Waals surface area contributed by atoms with E-state index in [1.54, 1.807) is 0 Å². The standard InChI is InChI=1S/C18H16FNO3/c1-11(12-5-3-2-4-6-12)20-18(22)17-10-15(21)14-9-13(19)7-8-16(14)23-17/h2-9,11,17H,10H2,1H3,(H,20,22)/t11-,17?/m1/s1. The third kappa shape index (κ3) is 3.23. The topological polar surface area (TPSA) is 55.4 Å². The maximum absolute atomic E-state index is 13.2. The number of ether oxygens (including phenoxy) is 1. The lowest BCUT2D eigenvalue weighted by molar-refractivity contribution is -0.128. The van der Waals surface area contributed by atoms with Gasteiger partial charge in [0.2, 0.25) is 0 Å². The number of benzene rings is 2. The number of carbonyl (C=O) groups is 2. The number of fused-ring (bicyclic) bond motifs is 1. The molecule has 1 aliphatic rings. The predicted molar refractivity (Wildman–Crippen MR) is 82.8 cm³/mol. The van der Waals surface area contributed by atoms with E-state index in [1.807, 2.05) is 37.3 Å². The summed E-state index contributed by atoms with van der Waals surface area (Å²) >= 11 is 0. The van der Waals surface area contributed by atoms with Gasteiger partial charge in [0.05, 0.1) is 18.0 Å². The number of halogens is 1. The zero-order valence-electron chi connectivity index (χ0n) is 12.6. The molecular formula is C18H16FNO3. The molecule has 0 aromatic heterocycles. The third-order valence-electron chi connectivity index (χ3n) is 3.83. The van der Waals surface area contributed by atoms with Gasteiger partial charge in [-0.15, -0.1) is 0 Å². The van der Waals surface area contributed by atoms with Crippen molar-refractivity contribution in [2.75, 3.05) is 0 Å². The molecule has 1 unspecified atom stereocenters. The van der Waals surface area contributed by atoms with Crippen LogP contribution in [0.4, 0.5) is 4.39 Å². The van der Waals surface area contributed by atoms with E-state index in [9.17, 15) is 14.0 Å². The fourth-order valence-corrected chi connectivity index (χ4v) is 2.57. The van der Waals surface area contributed by atoms with Gasteiger partial charge in [-0.25, -0.2) is 4.39 Å². The predicted octanol–water partition coefficient (Wildman–Crippen LogP) is 3.04. The van der Waals surface area contributed by atoms with Crippen molar-refractivity contribution in [1.29, 1.82) is 0 Å². The molecule has 0 aliphatic carbocycles. The molecule has 1 aliphatic heterocycles. The lowest BCUT2D eigenvalue weighted by atomic mass is 9.99. The van der Waals surface area contributed by atoms with E-state index < -0.39 is 11.9 Å². The number of rotatable bonds is 3. The van der Waals surface area contributed by atoms with Crippen LogP contribution in [0, 0.1) is 5.82 Å². The zero-order chi connectivity index (χ0) is 16.4. The van der Waals surface area contributed by atoms with Gasteiger partial charge in [0.1, 0.15) is 11.6 Å². The molecule has 1 heterocycles. The lowest BCUT2D eigenvalue weighted by Crippen LogP contribution is -2.42. The maximum atomic E-state index is 13.2. The van der Waals surface area contributed by atoms with Crippen molar-refractivity contribution < 1.29 is 18.7 Å². The highest BCUT2D eigenvalue weighted by Crippen LogP contribution is 2.28. The number of amides is 1. The second kappa shape index (κ2) is 6.20. The third-order valence-corrected chi connectivity index (χ3v) is 3.83. The Morgan fingerprint density at radius 1 is 1.26 bits per heavy atom. The summed E-state index contributed by atoms with van der Waals surface area (Å²) in [6, 6.07) is 13.0. The van der Waals surface area contributed by atoms with Crippen LogP contribution in [0.15, 0.2) is 48.5 Å². The van der Waals surface area contributed by atoms with Crippen LogP contribution in [0.5, 0.6) is 5.75 Å². The Morgan fingerprint density at radius 2 is 2.00 bits per heavy atom. The summed E-state index contributed by atoms with van der Waals surface area (Å²) in [6.45, 7) is 1.86. The van der Waals surface area contributed by atoms with E-state index in [0.717, 1.165) is 11.6 Å². The Hall–Kier alpha value is -2.69. The average Bonchev–Trinajstić information content (AvgIpc) is 2.56. The van der Waals surface area contributed by atoms with E-state index in [1.165, 1.54) is 12.1 Å². The van der Waals surface area contributed by atoms with Gasteiger partial charge in [-0.2, -0.15) is 0 Å². The van der Waals surface area contributed by atoms with Crippen molar-refractivity contribution in [3.63, 3.8) is 0 Å². The Kier molecular flexibility index (Phi) is 4.10. The highest BCUT2D eigenvalue weighted by molar-refractivity contribution is 6.03. The summed E-state index contributed by atoms with van der Waals surface area (Å²) in [5.41, 5.74) is 1.15. The minimum atomic E-state index is -0.897. The first-order chi connectivity index (χ1) is 11.0. The van der Waals surface area contributed by atoms with Gasteiger partial charge in [-0.3, -0.25) is 9.59 Å². The molecular weight excluding hydrogens is 297 g/mol. The monoisotopic (exact) mass is 313 g/mol. The summed E-state index contributed by atoms with van der Waals surface area (Å²) in [7, 11) is 0. The van der Waals surface area contributed by atoms with Crippen LogP contribution in [0.3, 0.4) is 0 Å². The van der Waals surface area contributed by atoms with Gasteiger partial charge in [-0.05, 0) is 30.7 Å². The number of nitrogens with one attached hydrogen (secondary N) is 1. The first-order valence-electron chi connectivity index (χ1n) is 7.39. The molecule has 0 saturated carbocycles. The lowest BCUT2D eigenvalue weighted by Gasteiger charge is -2.26. The van der Waals surface area contributed by atoms with Crippen molar-refractivity contribution in [1.82, 2.24) is 5.32 Å². The van der Waals surface area contributed by atoms with Crippen LogP contribution in [0.25, 0.3) is 0 Å². The highest BCUT2D eigenvalue weighted by Gasteiger charge is 2.32. The molecule has 0 bridgehead atoms. The Bertz CT molecular complexity index is 745. The van der Waals surface area contributed by atoms with E-state index in [4.69, 9.17) is 4.74 Å². The number of hydrogen-bond donors (Lipinski definition) is 1. The molecule has 118 valence electrons. The van der Waals surface area contributed by atoms with Crippen LogP contribution in [0.2, 0.25) is 0 Å². The first kappa shape index (κ1) is 15.2. The fourth-order valence-electron chi connectivity index (χ4n) is 2.57. The molecule has 23 heavy (non-hydrogen) atoms. The van der Waals surface area contributed by atoms with Gasteiger partial charge in [-0.1, -0.05) is 30.3 Å². The molecule has 2 atom stereocenters. The molecule has 2 aromatic carbocycles. The number of Topliss-reactive ketones (excluding diaryl/α,β-unsaturated/α-hetero) is 1. The SMILES string of the molecule is C[C@@H](NC(=O)C1CC(=O)c2cc(F)ccc2O1)c1ccccc1. The Morgan fingerprint density at radius 3 is 2.74 bits per heavy atom. The summed E-state index contributed by atoms with van der Waals surface area (Å²) in [4.78, 5) is 24.4. The molecule has 0 radical (unpaired) electrons. The molecule has 0 spiro atoms. The number of hydrogen-bond acceptors (Lipinski definition) is 3. The van der Waals surface area contributed by atoms with Crippen LogP contribution < -0.4 is 10.1 Å². The van der Waals surface area contributed by atoms with Crippen LogP contribution in [0.1, 0.15) is 35.3 Å². The average molecular weight is 313 g/mol. The Balaban J connectivity index is 1.72. The summed E-state index contributed by atoms with van der Waals surface area (Å²) in [6.07, 6.45) is -0.990. The van der Waals surface area contributed by atoms with Gasteiger partial charge in [0, 0.05) is 0 Å². The van der Waals surface area contributed by atoms with Crippen molar-refractivity contribution in [3.8, 4) is 5.75 Å². The van der Waals surface area contributed by atoms with Crippen molar-refractivity contribution in [2.24, 2.45) is 0 Å². The molecule has 4 nitrogen and oxygen atoms in total. The number of carbonyl (C=O) groups excluding carboxylic acids is 2. The highest BCUT2D eigenvalue weighted by atomic mass is 19.1. The molecule has 5 heteroatoms. The zero-order valence-corrected chi connectivity index (χ0v) is 12.6. The normalized spacial score (nSPS) is 17.8. The van der Waals surface area contributed by atoms with E-state index in [-0.39, 0.29) is 35.5 Å². The second-order valence-corrected chi connectivity index (χ2v) is 5.52. The largest absolute Gasteiger partial charge is 0.479 e. The van der Waals surface area contributed by atoms with Crippen molar-refractivity contribution >= 4 is 11.7 Å². The van der Waals surface area contributed by atoms with E-state index in [0.29, 0.717) is 0 Å². The molecule has 2 aromatic rings. The van der Waals surface area contributed by atoms with Crippen LogP contribution in [-0.2, 0) is 4.79 Å². The summed E-state index contributed by atoms with van der Waals surface area (Å²) < 4.78 is 18.8. The fraction of sp³-hybridized carbons (Fsp3) is 0.222. The number of ketones is 1. The smallest absolute Gasteiger partial charge is 0.262 e. The summed E-state index contributed by atoms with van der Waals surface area (Å²) in [5, 5.41) is 2.84. The van der Waals surface area contributed by atoms with Crippen molar-refractivity contribution in [2.45, 2.75) is 25.5 Å². The van der Waals surface area contributed by atoms with Crippen molar-refractivity contribution in [3.05, 3.63) is 65.5 Å². The molecule has 0 fully saturated rings. The molecule has 3 rings (SSSR count). The van der Waals surface area contributed by atoms with E-state index in [2.05, 4.69) is 5.32 Å². The molecule has 1 N–H and O–H groups in total. The quantitative estimate of drug-likeness (QED) is 0.947. The molecule has 0 saturated heterocycles. The van der Waals surface area contributed by atoms with Gasteiger partial charge < -0.3 is 10.1 Å². The van der Waals surface area contributed by atoms with Gasteiger partial charge in [0.15, 0.2) is 11.9 Å². The van der Waals surface area contributed by atoms with Crippen LogP contribution >= 0.6 is 0 Å². The minimum Gasteiger partial charge on any atom is -0.479 e. The molecule has 1 amide bonds. The summed E-state index contributed by atoms with van der Waals surface area (Å²) in [5.74, 6) is -0.903. The van der Waals surface area contributed by atoms with Gasteiger partial charge in [0.25, 0.3) is 5.91 Å². The maximum Gasteiger partial charge on any atom is 0.262 e. The second-order valence-electron chi connectivity index (χ2n) is 5.52. The first-order valence-corrected chi connectivity index (χ1v) is 7.39. The van der Waals surface area contributed by atoms with Crippen LogP contribution in [-0.4, -0.2) is 17.8 Å². The Labute approximate surface area is 133 Å². The van der Waals surface area contributed by atoms with E-state index >= 15 is 0 Å². The van der Waals surface area contributed by atoms with Gasteiger partial charge >= 0.3 is 0 Å². The minimum absolute atomic E-state index is 0.0935.